The van der Waals surface area contributed by atoms with E-state index in [1.54, 1.807) is 0 Å². The van der Waals surface area contributed by atoms with Gasteiger partial charge in [0, 0.05) is 30.9 Å². The molecule has 1 aliphatic heterocycles. The maximum absolute atomic E-state index is 5.77. The number of ether oxygens (including phenoxy) is 2. The molecule has 1 aromatic carbocycles. The van der Waals surface area contributed by atoms with Crippen molar-refractivity contribution in [2.24, 2.45) is 4.99 Å². The van der Waals surface area contributed by atoms with Crippen molar-refractivity contribution in [3.05, 3.63) is 36.2 Å². The minimum absolute atomic E-state index is 0.541. The van der Waals surface area contributed by atoms with Crippen LogP contribution in [0, 0.1) is 0 Å². The number of nitrogens with zero attached hydrogens (tertiary/aromatic N) is 3. The average Bonchev–Trinajstić information content (AvgIpc) is 3.34. The van der Waals surface area contributed by atoms with Gasteiger partial charge in [-0.1, -0.05) is 12.8 Å². The first-order valence-corrected chi connectivity index (χ1v) is 10.3. The van der Waals surface area contributed by atoms with Gasteiger partial charge in [-0.15, -0.1) is 0 Å². The van der Waals surface area contributed by atoms with E-state index in [1.807, 2.05) is 18.2 Å². The molecule has 7 nitrogen and oxygen atoms in total. The molecule has 0 unspecified atom stereocenters. The zero-order chi connectivity index (χ0) is 19.2. The molecule has 0 bridgehead atoms. The lowest BCUT2D eigenvalue weighted by Gasteiger charge is -2.13. The second kappa shape index (κ2) is 8.99. The van der Waals surface area contributed by atoms with Gasteiger partial charge < -0.3 is 20.1 Å². The quantitative estimate of drug-likeness (QED) is 0.608. The van der Waals surface area contributed by atoms with Crippen molar-refractivity contribution in [2.45, 2.75) is 51.6 Å². The van der Waals surface area contributed by atoms with Crippen LogP contribution in [0.3, 0.4) is 0 Å². The van der Waals surface area contributed by atoms with Gasteiger partial charge in [-0.25, -0.2) is 4.99 Å². The molecule has 150 valence electrons. The van der Waals surface area contributed by atoms with Crippen LogP contribution in [0.1, 0.15) is 50.8 Å². The topological polar surface area (TPSA) is 72.7 Å². The maximum Gasteiger partial charge on any atom is 0.196 e. The Kier molecular flexibility index (Phi) is 5.99. The molecular weight excluding hydrogens is 354 g/mol. The summed E-state index contributed by atoms with van der Waals surface area (Å²) in [6.45, 7) is 4.75. The van der Waals surface area contributed by atoms with E-state index < -0.39 is 0 Å². The molecule has 1 aromatic heterocycles. The molecule has 0 radical (unpaired) electrons. The van der Waals surface area contributed by atoms with Crippen molar-refractivity contribution in [1.82, 2.24) is 15.1 Å². The summed E-state index contributed by atoms with van der Waals surface area (Å²) in [5, 5.41) is 11.4. The van der Waals surface area contributed by atoms with Gasteiger partial charge in [-0.2, -0.15) is 5.10 Å². The highest BCUT2D eigenvalue weighted by atomic mass is 16.5. The molecule has 1 saturated carbocycles. The van der Waals surface area contributed by atoms with Gasteiger partial charge in [0.1, 0.15) is 0 Å². The third-order valence-corrected chi connectivity index (χ3v) is 5.12. The number of rotatable bonds is 5. The molecule has 2 heterocycles. The van der Waals surface area contributed by atoms with Crippen LogP contribution in [-0.4, -0.2) is 35.5 Å². The highest BCUT2D eigenvalue weighted by Crippen LogP contribution is 2.32. The third-order valence-electron chi connectivity index (χ3n) is 5.12. The summed E-state index contributed by atoms with van der Waals surface area (Å²) in [6, 6.07) is 8.51. The maximum atomic E-state index is 5.77. The SMILES string of the molecule is CCNC(=NCc1ccn(C2CCCC2)n1)Nc1ccc2c(c1)OCCCO2. The van der Waals surface area contributed by atoms with E-state index in [4.69, 9.17) is 19.6 Å². The Hall–Kier alpha value is -2.70. The monoisotopic (exact) mass is 383 g/mol. The number of hydrogen-bond acceptors (Lipinski definition) is 4. The summed E-state index contributed by atoms with van der Waals surface area (Å²) in [5.74, 6) is 2.29. The number of guanidine groups is 1. The number of nitrogens with one attached hydrogen (secondary N) is 2. The lowest BCUT2D eigenvalue weighted by Crippen LogP contribution is -2.30. The summed E-state index contributed by atoms with van der Waals surface area (Å²) in [5.41, 5.74) is 1.91. The summed E-state index contributed by atoms with van der Waals surface area (Å²) < 4.78 is 13.6. The van der Waals surface area contributed by atoms with Crippen LogP contribution in [-0.2, 0) is 6.54 Å². The molecule has 0 amide bonds. The molecule has 1 aliphatic carbocycles. The predicted octanol–water partition coefficient (Wildman–Crippen LogP) is 3.74. The lowest BCUT2D eigenvalue weighted by atomic mass is 10.3. The van der Waals surface area contributed by atoms with Crippen molar-refractivity contribution in [2.75, 3.05) is 25.1 Å². The molecule has 2 aliphatic rings. The number of hydrogen-bond donors (Lipinski definition) is 2. The normalized spacial score (nSPS) is 17.4. The third kappa shape index (κ3) is 4.58. The summed E-state index contributed by atoms with van der Waals surface area (Å²) in [6.07, 6.45) is 8.07. The van der Waals surface area contributed by atoms with Crippen LogP contribution in [0.4, 0.5) is 5.69 Å². The second-order valence-electron chi connectivity index (χ2n) is 7.26. The van der Waals surface area contributed by atoms with E-state index in [0.29, 0.717) is 25.8 Å². The Labute approximate surface area is 166 Å². The number of fused-ring (bicyclic) bond motifs is 1. The number of anilines is 1. The van der Waals surface area contributed by atoms with Gasteiger partial charge in [0.15, 0.2) is 17.5 Å². The van der Waals surface area contributed by atoms with Crippen molar-refractivity contribution < 1.29 is 9.47 Å². The average molecular weight is 383 g/mol. The number of benzene rings is 1. The van der Waals surface area contributed by atoms with E-state index in [-0.39, 0.29) is 0 Å². The molecule has 28 heavy (non-hydrogen) atoms. The van der Waals surface area contributed by atoms with Crippen LogP contribution >= 0.6 is 0 Å². The zero-order valence-corrected chi connectivity index (χ0v) is 16.5. The number of aliphatic imine (C=N–C) groups is 1. The minimum atomic E-state index is 0.541. The first-order chi connectivity index (χ1) is 13.8. The zero-order valence-electron chi connectivity index (χ0n) is 16.5. The summed E-state index contributed by atoms with van der Waals surface area (Å²) in [4.78, 5) is 4.70. The fourth-order valence-electron chi connectivity index (χ4n) is 3.68. The standard InChI is InChI=1S/C21H29N5O2/c1-2-22-21(23-15-17-10-11-26(25-17)18-6-3-4-7-18)24-16-8-9-19-20(14-16)28-13-5-12-27-19/h8-11,14,18H,2-7,12-13,15H2,1H3,(H2,22,23,24). The first-order valence-electron chi connectivity index (χ1n) is 10.3. The molecule has 4 rings (SSSR count). The Morgan fingerprint density at radius 2 is 1.96 bits per heavy atom. The highest BCUT2D eigenvalue weighted by Gasteiger charge is 2.17. The van der Waals surface area contributed by atoms with E-state index >= 15 is 0 Å². The fraction of sp³-hybridized carbons (Fsp3) is 0.524. The minimum Gasteiger partial charge on any atom is -0.490 e. The van der Waals surface area contributed by atoms with Crippen molar-refractivity contribution in [1.29, 1.82) is 0 Å². The van der Waals surface area contributed by atoms with Crippen LogP contribution in [0.5, 0.6) is 11.5 Å². The van der Waals surface area contributed by atoms with Gasteiger partial charge >= 0.3 is 0 Å². The van der Waals surface area contributed by atoms with Gasteiger partial charge in [-0.05, 0) is 38.0 Å². The number of aromatic nitrogens is 2. The highest BCUT2D eigenvalue weighted by molar-refractivity contribution is 5.93. The van der Waals surface area contributed by atoms with Crippen LogP contribution in [0.2, 0.25) is 0 Å². The Morgan fingerprint density at radius 1 is 1.14 bits per heavy atom. The Morgan fingerprint density at radius 3 is 2.79 bits per heavy atom. The van der Waals surface area contributed by atoms with E-state index in [0.717, 1.165) is 41.8 Å². The molecule has 2 aromatic rings. The van der Waals surface area contributed by atoms with Crippen LogP contribution in [0.25, 0.3) is 0 Å². The van der Waals surface area contributed by atoms with E-state index in [1.165, 1.54) is 25.7 Å². The molecule has 0 atom stereocenters. The summed E-state index contributed by atoms with van der Waals surface area (Å²) in [7, 11) is 0. The van der Waals surface area contributed by atoms with Crippen LogP contribution < -0.4 is 20.1 Å². The molecule has 0 spiro atoms. The van der Waals surface area contributed by atoms with E-state index in [9.17, 15) is 0 Å². The predicted molar refractivity (Wildman–Crippen MR) is 110 cm³/mol. The van der Waals surface area contributed by atoms with Crippen LogP contribution in [0.15, 0.2) is 35.5 Å². The molecule has 1 fully saturated rings. The van der Waals surface area contributed by atoms with Gasteiger partial charge in [0.2, 0.25) is 0 Å². The Balaban J connectivity index is 1.42. The van der Waals surface area contributed by atoms with Gasteiger partial charge in [-0.3, -0.25) is 4.68 Å². The fourth-order valence-corrected chi connectivity index (χ4v) is 3.68. The van der Waals surface area contributed by atoms with Crippen molar-refractivity contribution in [3.8, 4) is 11.5 Å². The van der Waals surface area contributed by atoms with Crippen molar-refractivity contribution in [3.63, 3.8) is 0 Å². The molecule has 2 N–H and O–H groups in total. The second-order valence-corrected chi connectivity index (χ2v) is 7.26. The molecular formula is C21H29N5O2. The van der Waals surface area contributed by atoms with E-state index in [2.05, 4.69) is 34.5 Å². The molecule has 7 heteroatoms. The smallest absolute Gasteiger partial charge is 0.196 e. The summed E-state index contributed by atoms with van der Waals surface area (Å²) >= 11 is 0. The van der Waals surface area contributed by atoms with Gasteiger partial charge in [0.05, 0.1) is 31.5 Å². The molecule has 0 saturated heterocycles. The largest absolute Gasteiger partial charge is 0.490 e. The van der Waals surface area contributed by atoms with Gasteiger partial charge in [0.25, 0.3) is 0 Å². The Bertz CT molecular complexity index is 811. The first kappa shape index (κ1) is 18.7. The van der Waals surface area contributed by atoms with Crippen molar-refractivity contribution >= 4 is 11.6 Å². The lowest BCUT2D eigenvalue weighted by molar-refractivity contribution is 0.297.